The molecule has 0 saturated carbocycles. The van der Waals surface area contributed by atoms with Crippen molar-refractivity contribution in [1.29, 1.82) is 21.0 Å². The molecule has 12 aromatic rings. The molecular weight excluding hydrogens is 948 g/mol. The lowest BCUT2D eigenvalue weighted by Crippen LogP contribution is -2.10. The Bertz CT molecular complexity index is 4170. The van der Waals surface area contributed by atoms with Crippen LogP contribution in [0.2, 0.25) is 0 Å². The van der Waals surface area contributed by atoms with Crippen LogP contribution >= 0.6 is 0 Å². The number of hydrogen-bond acceptors (Lipinski definition) is 4. The van der Waals surface area contributed by atoms with E-state index in [9.17, 15) is 21.0 Å². The molecule has 0 atom stereocenters. The van der Waals surface area contributed by atoms with Crippen LogP contribution in [0, 0.1) is 51.9 Å². The highest BCUT2D eigenvalue weighted by Crippen LogP contribution is 2.48. The topological polar surface area (TPSA) is 109 Å². The number of rotatable bonds is 7. The van der Waals surface area contributed by atoms with Crippen LogP contribution in [-0.4, -0.2) is 9.13 Å². The van der Waals surface area contributed by atoms with Crippen LogP contribution in [0.5, 0.6) is 0 Å². The van der Waals surface area contributed by atoms with Crippen molar-refractivity contribution in [3.8, 4) is 91.3 Å². The summed E-state index contributed by atoms with van der Waals surface area (Å²) < 4.78 is 51.1. The van der Waals surface area contributed by atoms with Crippen molar-refractivity contribution in [2.45, 2.75) is 6.18 Å². The first-order chi connectivity index (χ1) is 37.0. The van der Waals surface area contributed by atoms with Gasteiger partial charge in [-0.1, -0.05) is 97.1 Å². The van der Waals surface area contributed by atoms with E-state index >= 15 is 13.2 Å². The highest BCUT2D eigenvalue weighted by molar-refractivity contribution is 6.14. The third-order valence-corrected chi connectivity index (χ3v) is 14.0. The Balaban J connectivity index is 1.22. The highest BCUT2D eigenvalue weighted by atomic mass is 19.4. The Morgan fingerprint density at radius 3 is 1.09 bits per heavy atom. The third kappa shape index (κ3) is 7.83. The standard InChI is InChI=1S/C66H34F3N7/c1-74-52-15-7-14-47(31-52)51-21-25-62-57(35-51)56-34-50(46-13-6-10-42(28-46)38-72)20-24-61(56)76(62)64-30-43(39-73)29-63(65(64)53-16-2-3-17-58(53)66(67,68)69)75-59-22-18-48(44-11-4-8-40(26-44)36-70)32-54(59)55-33-49(19-23-60(55)75)45-12-5-9-41(27-45)37-71/h2-35H. The zero-order valence-electron chi connectivity index (χ0n) is 39.9. The molecule has 0 saturated heterocycles. The lowest BCUT2D eigenvalue weighted by Gasteiger charge is -2.23. The molecule has 76 heavy (non-hydrogen) atoms. The van der Waals surface area contributed by atoms with E-state index < -0.39 is 11.7 Å². The van der Waals surface area contributed by atoms with E-state index in [4.69, 9.17) is 6.57 Å². The maximum atomic E-state index is 15.7. The van der Waals surface area contributed by atoms with Gasteiger partial charge in [0.1, 0.15) is 0 Å². The number of benzene rings is 10. The minimum atomic E-state index is -4.80. The van der Waals surface area contributed by atoms with Gasteiger partial charge in [-0.25, -0.2) is 4.85 Å². The Labute approximate surface area is 433 Å². The largest absolute Gasteiger partial charge is 0.417 e. The van der Waals surface area contributed by atoms with E-state index in [1.807, 2.05) is 137 Å². The second-order valence-electron chi connectivity index (χ2n) is 18.4. The summed E-state index contributed by atoms with van der Waals surface area (Å²) in [6.45, 7) is 7.72. The summed E-state index contributed by atoms with van der Waals surface area (Å²) in [6, 6.07) is 70.4. The van der Waals surface area contributed by atoms with Crippen LogP contribution in [0.1, 0.15) is 27.8 Å². The lowest BCUT2D eigenvalue weighted by molar-refractivity contribution is -0.137. The molecule has 0 N–H and O–H groups in total. The summed E-state index contributed by atoms with van der Waals surface area (Å²) in [7, 11) is 0. The van der Waals surface area contributed by atoms with Gasteiger partial charge in [0.25, 0.3) is 0 Å². The first-order valence-electron chi connectivity index (χ1n) is 24.0. The maximum absolute atomic E-state index is 15.7. The minimum absolute atomic E-state index is 0.109. The SMILES string of the molecule is [C-]#[N+]c1cccc(-c2ccc3c(c2)c2cc(-c4cccc(C#N)c4)ccc2n3-c2cc(C#N)cc(-n3c4ccc(-c5cccc(C#N)c5)cc4c4cc(-c5cccc(C#N)c5)ccc43)c2-c2ccccc2C(F)(F)F)c1. The average Bonchev–Trinajstić information content (AvgIpc) is 4.12. The number of nitrogens with zero attached hydrogens (tertiary/aromatic N) is 7. The molecule has 354 valence electrons. The molecule has 0 unspecified atom stereocenters. The van der Waals surface area contributed by atoms with E-state index in [0.29, 0.717) is 55.8 Å². The average molecular weight is 982 g/mol. The molecule has 10 aromatic carbocycles. The molecule has 0 bridgehead atoms. The second-order valence-corrected chi connectivity index (χ2v) is 18.4. The van der Waals surface area contributed by atoms with E-state index in [0.717, 1.165) is 72.1 Å². The summed E-state index contributed by atoms with van der Waals surface area (Å²) in [5.41, 5.74) is 10.9. The Hall–Kier alpha value is -11.0. The molecule has 0 amide bonds. The summed E-state index contributed by atoms with van der Waals surface area (Å²) >= 11 is 0. The van der Waals surface area contributed by atoms with Crippen molar-refractivity contribution in [2.24, 2.45) is 0 Å². The third-order valence-electron chi connectivity index (χ3n) is 14.0. The van der Waals surface area contributed by atoms with Gasteiger partial charge < -0.3 is 9.13 Å². The zero-order chi connectivity index (χ0) is 52.2. The summed E-state index contributed by atoms with van der Waals surface area (Å²) in [6.07, 6.45) is -4.80. The number of fused-ring (bicyclic) bond motifs is 6. The van der Waals surface area contributed by atoms with Crippen LogP contribution in [0.4, 0.5) is 18.9 Å². The monoisotopic (exact) mass is 981 g/mol. The fraction of sp³-hybridized carbons (Fsp3) is 0.0152. The van der Waals surface area contributed by atoms with Crippen molar-refractivity contribution in [3.05, 3.63) is 245 Å². The molecule has 12 rings (SSSR count). The van der Waals surface area contributed by atoms with Gasteiger partial charge in [-0.3, -0.25) is 0 Å². The Kier molecular flexibility index (Phi) is 11.1. The van der Waals surface area contributed by atoms with Crippen molar-refractivity contribution in [3.63, 3.8) is 0 Å². The van der Waals surface area contributed by atoms with Gasteiger partial charge in [0, 0.05) is 27.1 Å². The van der Waals surface area contributed by atoms with Crippen LogP contribution in [0.15, 0.2) is 206 Å². The first kappa shape index (κ1) is 46.1. The molecule has 0 aliphatic heterocycles. The van der Waals surface area contributed by atoms with Crippen molar-refractivity contribution >= 4 is 49.3 Å². The number of aromatic nitrogens is 2. The first-order valence-corrected chi connectivity index (χ1v) is 24.0. The molecule has 2 aromatic heterocycles. The van der Waals surface area contributed by atoms with Crippen LogP contribution < -0.4 is 0 Å². The highest BCUT2D eigenvalue weighted by Gasteiger charge is 2.36. The maximum Gasteiger partial charge on any atom is 0.417 e. The molecule has 2 heterocycles. The second kappa shape index (κ2) is 18.3. The van der Waals surface area contributed by atoms with E-state index in [-0.39, 0.29) is 16.7 Å². The summed E-state index contributed by atoms with van der Waals surface area (Å²) in [5.74, 6) is 0. The minimum Gasteiger partial charge on any atom is -0.308 e. The van der Waals surface area contributed by atoms with Crippen molar-refractivity contribution < 1.29 is 13.2 Å². The fourth-order valence-corrected chi connectivity index (χ4v) is 10.6. The number of nitriles is 4. The quantitative estimate of drug-likeness (QED) is 0.148. The lowest BCUT2D eigenvalue weighted by atomic mass is 9.94. The van der Waals surface area contributed by atoms with Gasteiger partial charge in [0.2, 0.25) is 0 Å². The molecule has 0 spiro atoms. The van der Waals surface area contributed by atoms with Gasteiger partial charge in [-0.15, -0.1) is 0 Å². The zero-order valence-corrected chi connectivity index (χ0v) is 39.9. The normalized spacial score (nSPS) is 11.3. The van der Waals surface area contributed by atoms with E-state index in [1.165, 1.54) is 12.1 Å². The Morgan fingerprint density at radius 2 is 0.724 bits per heavy atom. The van der Waals surface area contributed by atoms with E-state index in [1.54, 1.807) is 60.7 Å². The molecule has 7 nitrogen and oxygen atoms in total. The predicted molar refractivity (Wildman–Crippen MR) is 292 cm³/mol. The van der Waals surface area contributed by atoms with Gasteiger partial charge in [-0.05, 0) is 159 Å². The molecular formula is C66H34F3N7. The van der Waals surface area contributed by atoms with Gasteiger partial charge >= 0.3 is 6.18 Å². The fourth-order valence-electron chi connectivity index (χ4n) is 10.6. The number of hydrogen-bond donors (Lipinski definition) is 0. The number of alkyl halides is 3. The van der Waals surface area contributed by atoms with Gasteiger partial charge in [0.15, 0.2) is 5.69 Å². The van der Waals surface area contributed by atoms with E-state index in [2.05, 4.69) is 29.1 Å². The van der Waals surface area contributed by atoms with Crippen LogP contribution in [0.25, 0.3) is 115 Å². The molecule has 10 heteroatoms. The van der Waals surface area contributed by atoms with Crippen molar-refractivity contribution in [2.75, 3.05) is 0 Å². The van der Waals surface area contributed by atoms with Crippen molar-refractivity contribution in [1.82, 2.24) is 9.13 Å². The van der Waals surface area contributed by atoms with Crippen LogP contribution in [0.3, 0.4) is 0 Å². The smallest absolute Gasteiger partial charge is 0.308 e. The molecule has 0 aliphatic carbocycles. The summed E-state index contributed by atoms with van der Waals surface area (Å²) in [4.78, 5) is 3.66. The predicted octanol–water partition coefficient (Wildman–Crippen LogP) is 17.3. The van der Waals surface area contributed by atoms with Crippen LogP contribution in [-0.2, 0) is 6.18 Å². The molecule has 0 fully saturated rings. The molecule has 0 aliphatic rings. The molecule has 0 radical (unpaired) electrons. The van der Waals surface area contributed by atoms with Gasteiger partial charge in [-0.2, -0.15) is 34.2 Å². The Morgan fingerprint density at radius 1 is 0.368 bits per heavy atom. The number of halogens is 3. The van der Waals surface area contributed by atoms with Gasteiger partial charge in [0.05, 0.1) is 92.1 Å². The summed E-state index contributed by atoms with van der Waals surface area (Å²) in [5, 5.41) is 43.6.